The predicted molar refractivity (Wildman–Crippen MR) is 68.2 cm³/mol. The van der Waals surface area contributed by atoms with Gasteiger partial charge in [-0.3, -0.25) is 0 Å². The Hall–Kier alpha value is -1.75. The lowest BCUT2D eigenvalue weighted by atomic mass is 9.91. The van der Waals surface area contributed by atoms with E-state index in [0.717, 1.165) is 24.2 Å². The van der Waals surface area contributed by atoms with Gasteiger partial charge < -0.3 is 19.9 Å². The summed E-state index contributed by atoms with van der Waals surface area (Å²) in [4.78, 5) is 10.9. The van der Waals surface area contributed by atoms with Crippen LogP contribution in [0.1, 0.15) is 29.7 Å². The zero-order chi connectivity index (χ0) is 13.4. The number of nitrogens with two attached hydrogens (primary N) is 1. The lowest BCUT2D eigenvalue weighted by Crippen LogP contribution is -2.31. The van der Waals surface area contributed by atoms with Gasteiger partial charge in [0, 0.05) is 12.0 Å². The van der Waals surface area contributed by atoms with Crippen molar-refractivity contribution in [1.29, 1.82) is 0 Å². The fourth-order valence-electron chi connectivity index (χ4n) is 2.84. The van der Waals surface area contributed by atoms with Crippen LogP contribution in [0, 0.1) is 0 Å². The molecule has 0 aromatic heterocycles. The van der Waals surface area contributed by atoms with Gasteiger partial charge in [0.05, 0.1) is 13.2 Å². The smallest absolute Gasteiger partial charge is 0.404 e. The van der Waals surface area contributed by atoms with E-state index in [1.807, 2.05) is 0 Å². The molecule has 2 unspecified atom stereocenters. The van der Waals surface area contributed by atoms with Gasteiger partial charge in [0.2, 0.25) is 0 Å². The van der Waals surface area contributed by atoms with Crippen molar-refractivity contribution in [2.75, 3.05) is 13.2 Å². The highest BCUT2D eigenvalue weighted by atomic mass is 16.6. The van der Waals surface area contributed by atoms with Crippen LogP contribution in [0.15, 0.2) is 12.1 Å². The number of fused-ring (bicyclic) bond motifs is 3. The SMILES string of the molecule is CC(OC(N)=O)C1OCCc2ccc3c(c21)OCC3. The van der Waals surface area contributed by atoms with E-state index in [9.17, 15) is 4.79 Å². The summed E-state index contributed by atoms with van der Waals surface area (Å²) in [6.45, 7) is 3.10. The molecule has 1 amide bonds. The van der Waals surface area contributed by atoms with Gasteiger partial charge in [-0.2, -0.15) is 0 Å². The molecule has 1 aromatic rings. The molecule has 5 heteroatoms. The Morgan fingerprint density at radius 2 is 2.11 bits per heavy atom. The van der Waals surface area contributed by atoms with Gasteiger partial charge in [0.15, 0.2) is 0 Å². The van der Waals surface area contributed by atoms with Crippen LogP contribution < -0.4 is 10.5 Å². The van der Waals surface area contributed by atoms with Gasteiger partial charge in [0.25, 0.3) is 0 Å². The third kappa shape index (κ3) is 2.14. The second-order valence-corrected chi connectivity index (χ2v) is 4.91. The molecule has 5 nitrogen and oxygen atoms in total. The highest BCUT2D eigenvalue weighted by molar-refractivity contribution is 5.65. The molecule has 0 fully saturated rings. The predicted octanol–water partition coefficient (Wildman–Crippen LogP) is 1.72. The number of rotatable bonds is 2. The van der Waals surface area contributed by atoms with Gasteiger partial charge in [-0.05, 0) is 24.5 Å². The van der Waals surface area contributed by atoms with Crippen molar-refractivity contribution in [3.8, 4) is 5.75 Å². The molecule has 0 saturated carbocycles. The maximum absolute atomic E-state index is 10.9. The zero-order valence-electron chi connectivity index (χ0n) is 10.8. The van der Waals surface area contributed by atoms with Crippen molar-refractivity contribution in [2.45, 2.75) is 32.0 Å². The van der Waals surface area contributed by atoms with Crippen LogP contribution >= 0.6 is 0 Å². The minimum absolute atomic E-state index is 0.302. The van der Waals surface area contributed by atoms with Crippen LogP contribution in [-0.2, 0) is 22.3 Å². The monoisotopic (exact) mass is 263 g/mol. The standard InChI is InChI=1S/C14H17NO4/c1-8(19-14(15)16)12-11-9(4-6-17-12)2-3-10-5-7-18-13(10)11/h2-3,8,12H,4-7H2,1H3,(H2,15,16). The van der Waals surface area contributed by atoms with Crippen molar-refractivity contribution >= 4 is 6.09 Å². The third-order valence-corrected chi connectivity index (χ3v) is 3.67. The van der Waals surface area contributed by atoms with E-state index >= 15 is 0 Å². The summed E-state index contributed by atoms with van der Waals surface area (Å²) in [5, 5.41) is 0. The van der Waals surface area contributed by atoms with Crippen LogP contribution in [0.4, 0.5) is 4.79 Å². The minimum Gasteiger partial charge on any atom is -0.493 e. The van der Waals surface area contributed by atoms with Gasteiger partial charge in [-0.25, -0.2) is 4.79 Å². The Balaban J connectivity index is 1.99. The first-order chi connectivity index (χ1) is 9.16. The highest BCUT2D eigenvalue weighted by Crippen LogP contribution is 2.41. The summed E-state index contributed by atoms with van der Waals surface area (Å²) in [7, 11) is 0. The molecule has 2 aliphatic rings. The van der Waals surface area contributed by atoms with Crippen LogP contribution in [0.25, 0.3) is 0 Å². The molecule has 3 rings (SSSR count). The van der Waals surface area contributed by atoms with Crippen molar-refractivity contribution in [1.82, 2.24) is 0 Å². The Bertz CT molecular complexity index is 514. The Kier molecular flexibility index (Phi) is 3.06. The number of carbonyl (C=O) groups excluding carboxylic acids is 1. The second-order valence-electron chi connectivity index (χ2n) is 4.91. The number of carbonyl (C=O) groups is 1. The summed E-state index contributed by atoms with van der Waals surface area (Å²) in [5.41, 5.74) is 8.51. The molecule has 2 N–H and O–H groups in total. The van der Waals surface area contributed by atoms with E-state index < -0.39 is 12.2 Å². The maximum Gasteiger partial charge on any atom is 0.404 e. The molecule has 1 aromatic carbocycles. The van der Waals surface area contributed by atoms with Crippen molar-refractivity contribution in [2.24, 2.45) is 5.73 Å². The van der Waals surface area contributed by atoms with Gasteiger partial charge >= 0.3 is 6.09 Å². The van der Waals surface area contributed by atoms with E-state index in [1.165, 1.54) is 11.1 Å². The molecule has 0 aliphatic carbocycles. The van der Waals surface area contributed by atoms with Crippen LogP contribution in [0.3, 0.4) is 0 Å². The van der Waals surface area contributed by atoms with Crippen LogP contribution in [-0.4, -0.2) is 25.4 Å². The molecule has 0 spiro atoms. The van der Waals surface area contributed by atoms with Crippen LogP contribution in [0.5, 0.6) is 5.75 Å². The molecule has 0 bridgehead atoms. The first kappa shape index (κ1) is 12.3. The minimum atomic E-state index is -0.781. The Morgan fingerprint density at radius 1 is 1.37 bits per heavy atom. The van der Waals surface area contributed by atoms with Gasteiger partial charge in [0.1, 0.15) is 18.0 Å². The fraction of sp³-hybridized carbons (Fsp3) is 0.500. The molecular formula is C14H17NO4. The summed E-state index contributed by atoms with van der Waals surface area (Å²) in [6.07, 6.45) is 0.264. The molecule has 0 saturated heterocycles. The van der Waals surface area contributed by atoms with E-state index in [-0.39, 0.29) is 6.10 Å². The van der Waals surface area contributed by atoms with Crippen molar-refractivity contribution in [3.63, 3.8) is 0 Å². The maximum atomic E-state index is 10.9. The number of hydrogen-bond donors (Lipinski definition) is 1. The topological polar surface area (TPSA) is 70.8 Å². The molecule has 2 aliphatic heterocycles. The molecule has 2 atom stereocenters. The zero-order valence-corrected chi connectivity index (χ0v) is 10.8. The summed E-state index contributed by atoms with van der Waals surface area (Å²) >= 11 is 0. The lowest BCUT2D eigenvalue weighted by molar-refractivity contribution is -0.0443. The largest absolute Gasteiger partial charge is 0.493 e. The number of hydrogen-bond acceptors (Lipinski definition) is 4. The third-order valence-electron chi connectivity index (χ3n) is 3.67. The number of ether oxygens (including phenoxy) is 3. The number of primary amides is 1. The summed E-state index contributed by atoms with van der Waals surface area (Å²) in [6, 6.07) is 4.23. The van der Waals surface area contributed by atoms with Crippen LogP contribution in [0.2, 0.25) is 0 Å². The van der Waals surface area contributed by atoms with E-state index in [1.54, 1.807) is 6.92 Å². The molecular weight excluding hydrogens is 246 g/mol. The highest BCUT2D eigenvalue weighted by Gasteiger charge is 2.33. The van der Waals surface area contributed by atoms with Crippen molar-refractivity contribution in [3.05, 3.63) is 28.8 Å². The first-order valence-corrected chi connectivity index (χ1v) is 6.52. The molecule has 19 heavy (non-hydrogen) atoms. The summed E-state index contributed by atoms with van der Waals surface area (Å²) in [5.74, 6) is 0.905. The second kappa shape index (κ2) is 4.74. The molecule has 0 radical (unpaired) electrons. The number of benzene rings is 1. The molecule has 2 heterocycles. The molecule has 102 valence electrons. The normalized spacial score (nSPS) is 22.1. The summed E-state index contributed by atoms with van der Waals surface area (Å²) < 4.78 is 16.6. The van der Waals surface area contributed by atoms with E-state index in [0.29, 0.717) is 13.2 Å². The quantitative estimate of drug-likeness (QED) is 0.882. The number of amides is 1. The van der Waals surface area contributed by atoms with Crippen molar-refractivity contribution < 1.29 is 19.0 Å². The van der Waals surface area contributed by atoms with Gasteiger partial charge in [-0.1, -0.05) is 12.1 Å². The fourth-order valence-corrected chi connectivity index (χ4v) is 2.84. The lowest BCUT2D eigenvalue weighted by Gasteiger charge is -2.31. The average Bonchev–Trinajstić information content (AvgIpc) is 2.85. The Morgan fingerprint density at radius 3 is 2.89 bits per heavy atom. The van der Waals surface area contributed by atoms with E-state index in [4.69, 9.17) is 19.9 Å². The van der Waals surface area contributed by atoms with E-state index in [2.05, 4.69) is 12.1 Å². The Labute approximate surface area is 111 Å². The van der Waals surface area contributed by atoms with Gasteiger partial charge in [-0.15, -0.1) is 0 Å². The average molecular weight is 263 g/mol. The first-order valence-electron chi connectivity index (χ1n) is 6.52.